The van der Waals surface area contributed by atoms with Gasteiger partial charge in [-0.2, -0.15) is 0 Å². The maximum absolute atomic E-state index is 12.2. The Kier molecular flexibility index (Phi) is 7.42. The number of carbonyl (C=O) groups is 1. The predicted molar refractivity (Wildman–Crippen MR) is 88.4 cm³/mol. The molecule has 0 aliphatic rings. The number of nitrogens with one attached hydrogen (secondary N) is 1. The van der Waals surface area contributed by atoms with Crippen LogP contribution in [0.15, 0.2) is 18.2 Å². The van der Waals surface area contributed by atoms with E-state index in [-0.39, 0.29) is 19.2 Å². The molecule has 1 rings (SSSR count). The van der Waals surface area contributed by atoms with Crippen LogP contribution in [-0.4, -0.2) is 48.4 Å². The van der Waals surface area contributed by atoms with E-state index < -0.39 is 5.60 Å². The number of benzene rings is 1. The summed E-state index contributed by atoms with van der Waals surface area (Å²) in [5.74, 6) is 0. The highest BCUT2D eigenvalue weighted by molar-refractivity contribution is 6.42. The summed E-state index contributed by atoms with van der Waals surface area (Å²) >= 11 is 11.9. The van der Waals surface area contributed by atoms with Crippen LogP contribution in [0.1, 0.15) is 19.4 Å². The van der Waals surface area contributed by atoms with Crippen molar-refractivity contribution in [3.05, 3.63) is 33.8 Å². The molecule has 0 spiro atoms. The monoisotopic (exact) mass is 348 g/mol. The standard InChI is InChI=1S/C15H22Cl2N2O3/c1-15(2,22-3)10-18-14(21)19(6-7-20)9-11-4-5-12(16)13(17)8-11/h4-5,8,20H,6-7,9-10H2,1-3H3,(H,18,21). The molecule has 2 amide bonds. The van der Waals surface area contributed by atoms with Gasteiger partial charge in [-0.05, 0) is 31.5 Å². The normalized spacial score (nSPS) is 11.4. The number of rotatable bonds is 7. The van der Waals surface area contributed by atoms with Crippen molar-refractivity contribution < 1.29 is 14.6 Å². The Balaban J connectivity index is 2.71. The largest absolute Gasteiger partial charge is 0.395 e. The third kappa shape index (κ3) is 6.01. The Morgan fingerprint density at radius 3 is 2.59 bits per heavy atom. The maximum atomic E-state index is 12.2. The minimum Gasteiger partial charge on any atom is -0.395 e. The smallest absolute Gasteiger partial charge is 0.317 e. The molecule has 5 nitrogen and oxygen atoms in total. The molecule has 0 fully saturated rings. The molecule has 0 unspecified atom stereocenters. The fourth-order valence-electron chi connectivity index (χ4n) is 1.70. The van der Waals surface area contributed by atoms with Gasteiger partial charge in [0.2, 0.25) is 0 Å². The first kappa shape index (κ1) is 19.0. The van der Waals surface area contributed by atoms with Crippen LogP contribution < -0.4 is 5.32 Å². The second-order valence-corrected chi connectivity index (χ2v) is 6.33. The molecule has 1 aromatic rings. The van der Waals surface area contributed by atoms with Crippen molar-refractivity contribution in [3.8, 4) is 0 Å². The summed E-state index contributed by atoms with van der Waals surface area (Å²) in [6.07, 6.45) is 0. The molecule has 7 heteroatoms. The van der Waals surface area contributed by atoms with E-state index in [1.807, 2.05) is 13.8 Å². The molecule has 0 aromatic heterocycles. The van der Waals surface area contributed by atoms with E-state index in [4.69, 9.17) is 33.0 Å². The van der Waals surface area contributed by atoms with Gasteiger partial charge in [0.1, 0.15) is 0 Å². The van der Waals surface area contributed by atoms with Crippen LogP contribution in [0.25, 0.3) is 0 Å². The number of urea groups is 1. The topological polar surface area (TPSA) is 61.8 Å². The molecule has 0 atom stereocenters. The van der Waals surface area contributed by atoms with E-state index in [2.05, 4.69) is 5.32 Å². The highest BCUT2D eigenvalue weighted by atomic mass is 35.5. The van der Waals surface area contributed by atoms with Gasteiger partial charge in [-0.1, -0.05) is 29.3 Å². The first-order valence-electron chi connectivity index (χ1n) is 6.92. The molecule has 22 heavy (non-hydrogen) atoms. The number of nitrogens with zero attached hydrogens (tertiary/aromatic N) is 1. The number of halogens is 2. The molecule has 124 valence electrons. The van der Waals surface area contributed by atoms with E-state index in [1.54, 1.807) is 25.3 Å². The van der Waals surface area contributed by atoms with Crippen molar-refractivity contribution in [1.82, 2.24) is 10.2 Å². The molecular weight excluding hydrogens is 327 g/mol. The first-order valence-corrected chi connectivity index (χ1v) is 7.67. The van der Waals surface area contributed by atoms with Crippen LogP contribution in [0, 0.1) is 0 Å². The number of carbonyl (C=O) groups excluding carboxylic acids is 1. The second-order valence-electron chi connectivity index (χ2n) is 5.52. The van der Waals surface area contributed by atoms with E-state index in [0.29, 0.717) is 23.1 Å². The zero-order valence-corrected chi connectivity index (χ0v) is 14.5. The van der Waals surface area contributed by atoms with Crippen LogP contribution >= 0.6 is 23.2 Å². The summed E-state index contributed by atoms with van der Waals surface area (Å²) in [5.41, 5.74) is 0.383. The van der Waals surface area contributed by atoms with Gasteiger partial charge in [0, 0.05) is 26.7 Å². The van der Waals surface area contributed by atoms with E-state index >= 15 is 0 Å². The number of aliphatic hydroxyl groups excluding tert-OH is 1. The zero-order chi connectivity index (χ0) is 16.8. The van der Waals surface area contributed by atoms with Gasteiger partial charge in [0.15, 0.2) is 0 Å². The molecule has 0 heterocycles. The second kappa shape index (κ2) is 8.58. The lowest BCUT2D eigenvalue weighted by molar-refractivity contribution is 0.0241. The fraction of sp³-hybridized carbons (Fsp3) is 0.533. The predicted octanol–water partition coefficient (Wildman–Crippen LogP) is 2.92. The van der Waals surface area contributed by atoms with Crippen LogP contribution in [0.2, 0.25) is 10.0 Å². The Labute approximate surface area is 141 Å². The van der Waals surface area contributed by atoms with Gasteiger partial charge in [-0.3, -0.25) is 0 Å². The molecule has 0 saturated carbocycles. The highest BCUT2D eigenvalue weighted by Crippen LogP contribution is 2.23. The fourth-order valence-corrected chi connectivity index (χ4v) is 2.02. The quantitative estimate of drug-likeness (QED) is 0.796. The van der Waals surface area contributed by atoms with E-state index in [0.717, 1.165) is 5.56 Å². The van der Waals surface area contributed by atoms with Crippen molar-refractivity contribution in [3.63, 3.8) is 0 Å². The lowest BCUT2D eigenvalue weighted by atomic mass is 10.1. The van der Waals surface area contributed by atoms with Crippen molar-refractivity contribution in [2.75, 3.05) is 26.8 Å². The molecule has 2 N–H and O–H groups in total. The molecule has 0 saturated heterocycles. The van der Waals surface area contributed by atoms with Crippen LogP contribution in [0.3, 0.4) is 0 Å². The van der Waals surface area contributed by atoms with Gasteiger partial charge in [0.25, 0.3) is 0 Å². The molecule has 0 aliphatic heterocycles. The molecular formula is C15H22Cl2N2O3. The van der Waals surface area contributed by atoms with Gasteiger partial charge >= 0.3 is 6.03 Å². The van der Waals surface area contributed by atoms with Gasteiger partial charge in [-0.15, -0.1) is 0 Å². The third-order valence-corrected chi connectivity index (χ3v) is 3.97. The maximum Gasteiger partial charge on any atom is 0.317 e. The molecule has 0 aliphatic carbocycles. The Morgan fingerprint density at radius 2 is 2.05 bits per heavy atom. The zero-order valence-electron chi connectivity index (χ0n) is 13.0. The lowest BCUT2D eigenvalue weighted by Gasteiger charge is -2.27. The lowest BCUT2D eigenvalue weighted by Crippen LogP contribution is -2.46. The Morgan fingerprint density at radius 1 is 1.36 bits per heavy atom. The van der Waals surface area contributed by atoms with Crippen molar-refractivity contribution in [2.45, 2.75) is 26.0 Å². The number of hydrogen-bond acceptors (Lipinski definition) is 3. The number of methoxy groups -OCH3 is 1. The third-order valence-electron chi connectivity index (χ3n) is 3.23. The molecule has 0 bridgehead atoms. The minimum absolute atomic E-state index is 0.123. The van der Waals surface area contributed by atoms with E-state index in [9.17, 15) is 4.79 Å². The van der Waals surface area contributed by atoms with Crippen LogP contribution in [0.5, 0.6) is 0 Å². The number of ether oxygens (including phenoxy) is 1. The summed E-state index contributed by atoms with van der Waals surface area (Å²) in [6.45, 7) is 4.55. The summed E-state index contributed by atoms with van der Waals surface area (Å²) in [4.78, 5) is 13.7. The molecule has 0 radical (unpaired) electrons. The first-order chi connectivity index (χ1) is 10.3. The Bertz CT molecular complexity index is 510. The van der Waals surface area contributed by atoms with Gasteiger partial charge < -0.3 is 20.1 Å². The highest BCUT2D eigenvalue weighted by Gasteiger charge is 2.20. The minimum atomic E-state index is -0.454. The van der Waals surface area contributed by atoms with Gasteiger partial charge in [-0.25, -0.2) is 4.79 Å². The van der Waals surface area contributed by atoms with Crippen molar-refractivity contribution in [2.24, 2.45) is 0 Å². The van der Waals surface area contributed by atoms with Crippen molar-refractivity contribution >= 4 is 29.2 Å². The SMILES string of the molecule is COC(C)(C)CNC(=O)N(CCO)Cc1ccc(Cl)c(Cl)c1. The van der Waals surface area contributed by atoms with Crippen LogP contribution in [-0.2, 0) is 11.3 Å². The number of amides is 2. The Hall–Kier alpha value is -1.01. The van der Waals surface area contributed by atoms with Gasteiger partial charge in [0.05, 0.1) is 22.3 Å². The summed E-state index contributed by atoms with van der Waals surface area (Å²) in [5, 5.41) is 12.8. The average molecular weight is 349 g/mol. The number of aliphatic hydroxyl groups is 1. The van der Waals surface area contributed by atoms with Crippen LogP contribution in [0.4, 0.5) is 4.79 Å². The van der Waals surface area contributed by atoms with Crippen molar-refractivity contribution in [1.29, 1.82) is 0 Å². The summed E-state index contributed by atoms with van der Waals surface area (Å²) in [7, 11) is 1.59. The average Bonchev–Trinajstić information content (AvgIpc) is 2.48. The number of hydrogen-bond donors (Lipinski definition) is 2. The summed E-state index contributed by atoms with van der Waals surface area (Å²) < 4.78 is 5.26. The van der Waals surface area contributed by atoms with E-state index in [1.165, 1.54) is 4.90 Å². The summed E-state index contributed by atoms with van der Waals surface area (Å²) in [6, 6.07) is 4.92. The molecule has 1 aromatic carbocycles.